The Labute approximate surface area is 174 Å². The third-order valence-electron chi connectivity index (χ3n) is 5.76. The first-order valence-corrected chi connectivity index (χ1v) is 11.1. The molecule has 0 saturated heterocycles. The minimum atomic E-state index is -0.141. The van der Waals surface area contributed by atoms with Crippen molar-refractivity contribution < 1.29 is 4.79 Å². The Morgan fingerprint density at radius 2 is 1.93 bits per heavy atom. The van der Waals surface area contributed by atoms with Crippen LogP contribution >= 0.6 is 11.3 Å². The van der Waals surface area contributed by atoms with Crippen LogP contribution in [0.2, 0.25) is 0 Å². The molecule has 0 unspecified atom stereocenters. The van der Waals surface area contributed by atoms with Gasteiger partial charge in [-0.1, -0.05) is 36.8 Å². The van der Waals surface area contributed by atoms with E-state index in [1.54, 1.807) is 11.3 Å². The van der Waals surface area contributed by atoms with E-state index in [-0.39, 0.29) is 5.91 Å². The fraction of sp³-hybridized carbons (Fsp3) is 0.409. The summed E-state index contributed by atoms with van der Waals surface area (Å²) in [5.74, 6) is 0.755. The highest BCUT2D eigenvalue weighted by Crippen LogP contribution is 2.30. The summed E-state index contributed by atoms with van der Waals surface area (Å²) in [5.41, 5.74) is 3.79. The third kappa shape index (κ3) is 3.60. The number of fused-ring (bicyclic) bond motifs is 2. The van der Waals surface area contributed by atoms with Crippen LogP contribution in [-0.4, -0.2) is 38.9 Å². The summed E-state index contributed by atoms with van der Waals surface area (Å²) in [6.07, 6.45) is 5.23. The molecule has 4 heterocycles. The molecular weight excluding hydrogens is 382 g/mol. The van der Waals surface area contributed by atoms with Crippen molar-refractivity contribution in [3.63, 3.8) is 0 Å². The number of rotatable bonds is 3. The zero-order chi connectivity index (χ0) is 19.8. The van der Waals surface area contributed by atoms with Gasteiger partial charge in [0.1, 0.15) is 11.5 Å². The van der Waals surface area contributed by atoms with Gasteiger partial charge in [-0.05, 0) is 26.3 Å². The van der Waals surface area contributed by atoms with E-state index in [1.807, 2.05) is 18.2 Å². The maximum Gasteiger partial charge on any atom is 0.277 e. The highest BCUT2D eigenvalue weighted by molar-refractivity contribution is 7.15. The van der Waals surface area contributed by atoms with Crippen molar-refractivity contribution in [2.24, 2.45) is 0 Å². The molecule has 0 spiro atoms. The average molecular weight is 408 g/mol. The van der Waals surface area contributed by atoms with Gasteiger partial charge in [0.2, 0.25) is 0 Å². The largest absolute Gasteiger partial charge is 0.327 e. The predicted molar refractivity (Wildman–Crippen MR) is 115 cm³/mol. The van der Waals surface area contributed by atoms with E-state index in [0.29, 0.717) is 10.8 Å². The van der Waals surface area contributed by atoms with Crippen LogP contribution in [0.5, 0.6) is 0 Å². The van der Waals surface area contributed by atoms with Gasteiger partial charge in [-0.25, -0.2) is 9.97 Å². The molecule has 3 aromatic rings. The highest BCUT2D eigenvalue weighted by atomic mass is 32.1. The van der Waals surface area contributed by atoms with Gasteiger partial charge in [-0.2, -0.15) is 0 Å². The smallest absolute Gasteiger partial charge is 0.277 e. The van der Waals surface area contributed by atoms with Crippen LogP contribution in [0.15, 0.2) is 30.3 Å². The molecule has 29 heavy (non-hydrogen) atoms. The Morgan fingerprint density at radius 1 is 1.07 bits per heavy atom. The van der Waals surface area contributed by atoms with Crippen molar-refractivity contribution in [1.29, 1.82) is 0 Å². The summed E-state index contributed by atoms with van der Waals surface area (Å²) in [6, 6.07) is 10.2. The maximum absolute atomic E-state index is 13.2. The monoisotopic (exact) mass is 407 g/mol. The lowest BCUT2D eigenvalue weighted by molar-refractivity contribution is 0.102. The van der Waals surface area contributed by atoms with E-state index in [2.05, 4.69) is 38.9 Å². The Balaban J connectivity index is 1.47. The first kappa shape index (κ1) is 18.5. The zero-order valence-corrected chi connectivity index (χ0v) is 17.5. The Morgan fingerprint density at radius 3 is 2.79 bits per heavy atom. The Hall–Kier alpha value is -2.51. The van der Waals surface area contributed by atoms with Crippen molar-refractivity contribution in [3.8, 4) is 11.4 Å². The standard InChI is InChI=1S/C22H25N5OS/c1-26-13-11-16-18(14-26)29-22(23-16)25-21(28)19-17-10-6-3-7-12-27(17)20(24-19)15-8-4-2-5-9-15/h2,4-5,8-9H,3,6-7,10-14H2,1H3,(H,23,25,28). The molecule has 2 aliphatic heterocycles. The van der Waals surface area contributed by atoms with Gasteiger partial charge in [0, 0.05) is 36.5 Å². The topological polar surface area (TPSA) is 63.1 Å². The van der Waals surface area contributed by atoms with Crippen molar-refractivity contribution in [2.45, 2.75) is 45.2 Å². The molecule has 1 aromatic carbocycles. The molecule has 0 fully saturated rings. The van der Waals surface area contributed by atoms with Gasteiger partial charge >= 0.3 is 0 Å². The molecule has 0 aliphatic carbocycles. The molecule has 1 amide bonds. The zero-order valence-electron chi connectivity index (χ0n) is 16.6. The number of anilines is 1. The fourth-order valence-electron chi connectivity index (χ4n) is 4.24. The number of amides is 1. The molecule has 5 rings (SSSR count). The Kier molecular flexibility index (Phi) is 4.93. The second-order valence-electron chi connectivity index (χ2n) is 7.89. The van der Waals surface area contributed by atoms with Crippen LogP contribution in [0, 0.1) is 0 Å². The molecule has 0 atom stereocenters. The maximum atomic E-state index is 13.2. The van der Waals surface area contributed by atoms with Gasteiger partial charge < -0.3 is 9.47 Å². The fourth-order valence-corrected chi connectivity index (χ4v) is 5.33. The number of nitrogens with zero attached hydrogens (tertiary/aromatic N) is 4. The first-order valence-electron chi connectivity index (χ1n) is 10.3. The van der Waals surface area contributed by atoms with Crippen LogP contribution in [0.25, 0.3) is 11.4 Å². The molecule has 2 aliphatic rings. The molecule has 2 aromatic heterocycles. The summed E-state index contributed by atoms with van der Waals surface area (Å²) in [6.45, 7) is 2.83. The number of thiazole rings is 1. The Bertz CT molecular complexity index is 1040. The number of hydrogen-bond acceptors (Lipinski definition) is 5. The van der Waals surface area contributed by atoms with Crippen molar-refractivity contribution in [1.82, 2.24) is 19.4 Å². The summed E-state index contributed by atoms with van der Waals surface area (Å²) < 4.78 is 2.25. The lowest BCUT2D eigenvalue weighted by Crippen LogP contribution is -2.25. The van der Waals surface area contributed by atoms with Crippen molar-refractivity contribution >= 4 is 22.4 Å². The minimum absolute atomic E-state index is 0.141. The summed E-state index contributed by atoms with van der Waals surface area (Å²) in [5, 5.41) is 3.73. The van der Waals surface area contributed by atoms with Gasteiger partial charge in [0.25, 0.3) is 5.91 Å². The lowest BCUT2D eigenvalue weighted by Gasteiger charge is -2.20. The van der Waals surface area contributed by atoms with Gasteiger partial charge in [-0.3, -0.25) is 10.1 Å². The normalized spacial score (nSPS) is 16.7. The van der Waals surface area contributed by atoms with E-state index in [9.17, 15) is 4.79 Å². The molecule has 7 heteroatoms. The lowest BCUT2D eigenvalue weighted by atomic mass is 10.1. The first-order chi connectivity index (χ1) is 14.2. The van der Waals surface area contributed by atoms with Crippen LogP contribution in [0.3, 0.4) is 0 Å². The number of imidazole rings is 1. The highest BCUT2D eigenvalue weighted by Gasteiger charge is 2.26. The van der Waals surface area contributed by atoms with Crippen LogP contribution in [0.4, 0.5) is 5.13 Å². The van der Waals surface area contributed by atoms with Gasteiger partial charge in [-0.15, -0.1) is 11.3 Å². The second kappa shape index (κ2) is 7.72. The van der Waals surface area contributed by atoms with Crippen molar-refractivity contribution in [3.05, 3.63) is 52.3 Å². The molecule has 150 valence electrons. The van der Waals surface area contributed by atoms with Crippen LogP contribution in [0.1, 0.15) is 46.0 Å². The third-order valence-corrected chi connectivity index (χ3v) is 6.76. The SMILES string of the molecule is CN1CCc2nc(NC(=O)c3nc(-c4ccccc4)n4c3CCCCC4)sc2C1. The molecule has 6 nitrogen and oxygen atoms in total. The van der Waals surface area contributed by atoms with E-state index in [0.717, 1.165) is 68.1 Å². The second-order valence-corrected chi connectivity index (χ2v) is 8.97. The number of carbonyl (C=O) groups is 1. The summed E-state index contributed by atoms with van der Waals surface area (Å²) in [7, 11) is 2.12. The molecule has 0 bridgehead atoms. The number of hydrogen-bond donors (Lipinski definition) is 1. The number of aromatic nitrogens is 3. The minimum Gasteiger partial charge on any atom is -0.327 e. The van der Waals surface area contributed by atoms with Gasteiger partial charge in [0.15, 0.2) is 5.13 Å². The quantitative estimate of drug-likeness (QED) is 0.714. The summed E-state index contributed by atoms with van der Waals surface area (Å²) >= 11 is 1.59. The predicted octanol–water partition coefficient (Wildman–Crippen LogP) is 3.97. The molecule has 0 radical (unpaired) electrons. The summed E-state index contributed by atoms with van der Waals surface area (Å²) in [4.78, 5) is 26.2. The number of nitrogens with one attached hydrogen (secondary N) is 1. The average Bonchev–Trinajstić information content (AvgIpc) is 3.20. The van der Waals surface area contributed by atoms with E-state index < -0.39 is 0 Å². The van der Waals surface area contributed by atoms with E-state index in [4.69, 9.17) is 4.98 Å². The molecule has 0 saturated carbocycles. The number of carbonyl (C=O) groups excluding carboxylic acids is 1. The van der Waals surface area contributed by atoms with E-state index in [1.165, 1.54) is 11.3 Å². The molecular formula is C22H25N5OS. The van der Waals surface area contributed by atoms with Crippen LogP contribution in [-0.2, 0) is 25.9 Å². The van der Waals surface area contributed by atoms with E-state index >= 15 is 0 Å². The number of benzene rings is 1. The van der Waals surface area contributed by atoms with Crippen LogP contribution < -0.4 is 5.32 Å². The number of likely N-dealkylation sites (N-methyl/N-ethyl adjacent to an activating group) is 1. The molecule has 1 N–H and O–H groups in total. The van der Waals surface area contributed by atoms with Gasteiger partial charge in [0.05, 0.1) is 11.4 Å². The van der Waals surface area contributed by atoms with Crippen molar-refractivity contribution in [2.75, 3.05) is 18.9 Å².